The molecule has 0 unspecified atom stereocenters. The summed E-state index contributed by atoms with van der Waals surface area (Å²) in [4.78, 5) is 3.88. The lowest BCUT2D eigenvalue weighted by Gasteiger charge is -2.04. The molecule has 0 amide bonds. The van der Waals surface area contributed by atoms with Crippen LogP contribution in [0.5, 0.6) is 11.5 Å². The summed E-state index contributed by atoms with van der Waals surface area (Å²) in [7, 11) is 1.61. The van der Waals surface area contributed by atoms with Gasteiger partial charge in [0, 0.05) is 12.8 Å². The van der Waals surface area contributed by atoms with Crippen LogP contribution in [0.4, 0.5) is 0 Å². The van der Waals surface area contributed by atoms with E-state index < -0.39 is 0 Å². The molecule has 1 rings (SSSR count). The summed E-state index contributed by atoms with van der Waals surface area (Å²) in [6.45, 7) is 1.73. The van der Waals surface area contributed by atoms with Gasteiger partial charge in [-0.1, -0.05) is 6.07 Å². The van der Waals surface area contributed by atoms with Crippen LogP contribution in [-0.2, 0) is 0 Å². The molecule has 0 saturated carbocycles. The van der Waals surface area contributed by atoms with E-state index in [-0.39, 0.29) is 11.5 Å². The van der Waals surface area contributed by atoms with Gasteiger partial charge in [0.25, 0.3) is 0 Å². The Bertz CT molecular complexity index is 298. The molecule has 0 aliphatic rings. The Morgan fingerprint density at radius 2 is 1.75 bits per heavy atom. The summed E-state index contributed by atoms with van der Waals surface area (Å²) in [5, 5.41) is 18.7. The number of phenols is 2. The van der Waals surface area contributed by atoms with E-state index in [0.717, 1.165) is 0 Å². The average molecular weight is 165 g/mol. The first kappa shape index (κ1) is 8.59. The molecule has 0 saturated heterocycles. The molecule has 0 aromatic heterocycles. The third-order valence-corrected chi connectivity index (χ3v) is 1.72. The van der Waals surface area contributed by atoms with Crippen LogP contribution >= 0.6 is 0 Å². The highest BCUT2D eigenvalue weighted by Gasteiger charge is 2.08. The van der Waals surface area contributed by atoms with Crippen molar-refractivity contribution >= 4 is 5.71 Å². The Morgan fingerprint density at radius 3 is 2.17 bits per heavy atom. The van der Waals surface area contributed by atoms with Crippen LogP contribution < -0.4 is 0 Å². The Kier molecular flexibility index (Phi) is 2.33. The Balaban J connectivity index is 3.31. The van der Waals surface area contributed by atoms with E-state index in [0.29, 0.717) is 11.3 Å². The third-order valence-electron chi connectivity index (χ3n) is 1.72. The van der Waals surface area contributed by atoms with E-state index in [1.54, 1.807) is 20.0 Å². The Morgan fingerprint density at radius 1 is 1.25 bits per heavy atom. The molecule has 2 N–H and O–H groups in total. The maximum atomic E-state index is 9.35. The van der Waals surface area contributed by atoms with Gasteiger partial charge in [-0.05, 0) is 19.1 Å². The minimum absolute atomic E-state index is 0.0538. The fraction of sp³-hybridized carbons (Fsp3) is 0.222. The predicted molar refractivity (Wildman–Crippen MR) is 47.9 cm³/mol. The summed E-state index contributed by atoms with van der Waals surface area (Å²) in [6.07, 6.45) is 0. The molecule has 0 bridgehead atoms. The molecule has 0 aliphatic heterocycles. The second-order valence-electron chi connectivity index (χ2n) is 2.48. The van der Waals surface area contributed by atoms with Crippen LogP contribution in [0.3, 0.4) is 0 Å². The predicted octanol–water partition coefficient (Wildman–Crippen LogP) is 1.54. The van der Waals surface area contributed by atoms with Gasteiger partial charge >= 0.3 is 0 Å². The van der Waals surface area contributed by atoms with Gasteiger partial charge in [0.1, 0.15) is 11.5 Å². The molecule has 3 nitrogen and oxygen atoms in total. The summed E-state index contributed by atoms with van der Waals surface area (Å²) >= 11 is 0. The number of hydrogen-bond acceptors (Lipinski definition) is 3. The standard InChI is InChI=1S/C9H11NO2/c1-6(10-2)9-7(11)4-3-5-8(9)12/h3-5,11-12H,1-2H3. The van der Waals surface area contributed by atoms with Crippen molar-refractivity contribution in [3.05, 3.63) is 23.8 Å². The van der Waals surface area contributed by atoms with Crippen molar-refractivity contribution in [1.29, 1.82) is 0 Å². The molecule has 64 valence electrons. The maximum absolute atomic E-state index is 9.35. The van der Waals surface area contributed by atoms with E-state index in [2.05, 4.69) is 4.99 Å². The number of nitrogens with zero attached hydrogens (tertiary/aromatic N) is 1. The summed E-state index contributed by atoms with van der Waals surface area (Å²) in [6, 6.07) is 4.62. The highest BCUT2D eigenvalue weighted by molar-refractivity contribution is 6.03. The van der Waals surface area contributed by atoms with Crippen molar-refractivity contribution in [3.63, 3.8) is 0 Å². The number of rotatable bonds is 1. The quantitative estimate of drug-likeness (QED) is 0.620. The number of phenolic OH excluding ortho intramolecular Hbond substituents is 2. The molecular weight excluding hydrogens is 154 g/mol. The molecule has 0 aliphatic carbocycles. The molecule has 3 heteroatoms. The second kappa shape index (κ2) is 3.26. The van der Waals surface area contributed by atoms with Gasteiger partial charge in [0.15, 0.2) is 0 Å². The van der Waals surface area contributed by atoms with Crippen LogP contribution in [0.25, 0.3) is 0 Å². The third kappa shape index (κ3) is 1.39. The van der Waals surface area contributed by atoms with Crippen molar-refractivity contribution in [3.8, 4) is 11.5 Å². The van der Waals surface area contributed by atoms with Gasteiger partial charge in [-0.25, -0.2) is 0 Å². The van der Waals surface area contributed by atoms with Gasteiger partial charge in [0.2, 0.25) is 0 Å². The molecule has 0 spiro atoms. The lowest BCUT2D eigenvalue weighted by Crippen LogP contribution is -1.94. The second-order valence-corrected chi connectivity index (χ2v) is 2.48. The molecule has 0 radical (unpaired) electrons. The van der Waals surface area contributed by atoms with Gasteiger partial charge in [0.05, 0.1) is 5.56 Å². The zero-order valence-electron chi connectivity index (χ0n) is 7.07. The van der Waals surface area contributed by atoms with Crippen LogP contribution in [0.15, 0.2) is 23.2 Å². The molecule has 12 heavy (non-hydrogen) atoms. The minimum Gasteiger partial charge on any atom is -0.507 e. The highest BCUT2D eigenvalue weighted by atomic mass is 16.3. The van der Waals surface area contributed by atoms with Crippen LogP contribution in [0.1, 0.15) is 12.5 Å². The molecule has 0 heterocycles. The summed E-state index contributed by atoms with van der Waals surface area (Å²) in [5.74, 6) is 0.108. The first-order chi connectivity index (χ1) is 5.66. The lowest BCUT2D eigenvalue weighted by molar-refractivity contribution is 0.448. The zero-order chi connectivity index (χ0) is 9.14. The van der Waals surface area contributed by atoms with Crippen LogP contribution in [0, 0.1) is 0 Å². The molecule has 1 aromatic rings. The Hall–Kier alpha value is -1.51. The van der Waals surface area contributed by atoms with Gasteiger partial charge in [-0.15, -0.1) is 0 Å². The van der Waals surface area contributed by atoms with E-state index in [4.69, 9.17) is 0 Å². The average Bonchev–Trinajstić information content (AvgIpc) is 2.03. The SMILES string of the molecule is CN=C(C)c1c(O)cccc1O. The van der Waals surface area contributed by atoms with Crippen molar-refractivity contribution in [2.45, 2.75) is 6.92 Å². The normalized spacial score (nSPS) is 11.7. The number of aliphatic imine (C=N–C) groups is 1. The largest absolute Gasteiger partial charge is 0.507 e. The highest BCUT2D eigenvalue weighted by Crippen LogP contribution is 2.26. The van der Waals surface area contributed by atoms with Gasteiger partial charge in [-0.3, -0.25) is 4.99 Å². The van der Waals surface area contributed by atoms with Crippen molar-refractivity contribution in [2.24, 2.45) is 4.99 Å². The summed E-state index contributed by atoms with van der Waals surface area (Å²) in [5.41, 5.74) is 1.02. The van der Waals surface area contributed by atoms with E-state index in [1.165, 1.54) is 12.1 Å². The van der Waals surface area contributed by atoms with Crippen molar-refractivity contribution in [1.82, 2.24) is 0 Å². The fourth-order valence-electron chi connectivity index (χ4n) is 1.01. The molecule has 0 atom stereocenters. The topological polar surface area (TPSA) is 52.8 Å². The zero-order valence-corrected chi connectivity index (χ0v) is 7.07. The van der Waals surface area contributed by atoms with Crippen molar-refractivity contribution in [2.75, 3.05) is 7.05 Å². The van der Waals surface area contributed by atoms with E-state index in [1.807, 2.05) is 0 Å². The van der Waals surface area contributed by atoms with Crippen LogP contribution in [-0.4, -0.2) is 23.0 Å². The lowest BCUT2D eigenvalue weighted by atomic mass is 10.1. The minimum atomic E-state index is 0.0538. The Labute approximate surface area is 71.0 Å². The van der Waals surface area contributed by atoms with Crippen molar-refractivity contribution < 1.29 is 10.2 Å². The number of benzene rings is 1. The number of hydrogen-bond donors (Lipinski definition) is 2. The van der Waals surface area contributed by atoms with Gasteiger partial charge in [-0.2, -0.15) is 0 Å². The maximum Gasteiger partial charge on any atom is 0.128 e. The van der Waals surface area contributed by atoms with E-state index >= 15 is 0 Å². The molecular formula is C9H11NO2. The molecule has 0 fully saturated rings. The fourth-order valence-corrected chi connectivity index (χ4v) is 1.01. The van der Waals surface area contributed by atoms with Gasteiger partial charge < -0.3 is 10.2 Å². The smallest absolute Gasteiger partial charge is 0.128 e. The first-order valence-corrected chi connectivity index (χ1v) is 3.61. The summed E-state index contributed by atoms with van der Waals surface area (Å²) < 4.78 is 0. The van der Waals surface area contributed by atoms with Crippen LogP contribution in [0.2, 0.25) is 0 Å². The molecule has 1 aromatic carbocycles. The monoisotopic (exact) mass is 165 g/mol. The van der Waals surface area contributed by atoms with E-state index in [9.17, 15) is 10.2 Å². The first-order valence-electron chi connectivity index (χ1n) is 3.61. The number of aromatic hydroxyl groups is 2.